The third kappa shape index (κ3) is 6.38. The van der Waals surface area contributed by atoms with E-state index in [0.717, 1.165) is 22.4 Å². The number of carbonyl (C=O) groups is 1. The van der Waals surface area contributed by atoms with Gasteiger partial charge in [0.2, 0.25) is 0 Å². The molecule has 0 aliphatic rings. The summed E-state index contributed by atoms with van der Waals surface area (Å²) in [6.45, 7) is 4.45. The van der Waals surface area contributed by atoms with E-state index in [-0.39, 0.29) is 5.97 Å². The molecule has 27 heavy (non-hydrogen) atoms. The molecule has 0 unspecified atom stereocenters. The predicted octanol–water partition coefficient (Wildman–Crippen LogP) is 4.40. The maximum absolute atomic E-state index is 11.8. The lowest BCUT2D eigenvalue weighted by Gasteiger charge is -2.15. The van der Waals surface area contributed by atoms with Crippen molar-refractivity contribution in [1.29, 1.82) is 0 Å². The van der Waals surface area contributed by atoms with Crippen LogP contribution >= 0.6 is 11.6 Å². The summed E-state index contributed by atoms with van der Waals surface area (Å²) in [4.78, 5) is 17.3. The molecule has 6 heteroatoms. The minimum Gasteiger partial charge on any atom is -0.467 e. The molecule has 0 saturated carbocycles. The topological polar surface area (TPSA) is 57.1 Å². The van der Waals surface area contributed by atoms with Gasteiger partial charge in [0.1, 0.15) is 6.61 Å². The van der Waals surface area contributed by atoms with Gasteiger partial charge in [0.05, 0.1) is 12.8 Å². The van der Waals surface area contributed by atoms with Gasteiger partial charge in [0.25, 0.3) is 0 Å². The summed E-state index contributed by atoms with van der Waals surface area (Å²) in [6.07, 6.45) is -0.189. The number of hydrogen-bond donors (Lipinski definition) is 0. The molecule has 2 aromatic carbocycles. The van der Waals surface area contributed by atoms with Crippen LogP contribution in [0.4, 0.5) is 0 Å². The van der Waals surface area contributed by atoms with Crippen molar-refractivity contribution in [3.8, 4) is 0 Å². The highest BCUT2D eigenvalue weighted by molar-refractivity contribution is 6.31. The molecule has 0 aromatic heterocycles. The quantitative estimate of drug-likeness (QED) is 0.362. The zero-order valence-electron chi connectivity index (χ0n) is 15.8. The van der Waals surface area contributed by atoms with E-state index in [4.69, 9.17) is 25.9 Å². The highest BCUT2D eigenvalue weighted by Gasteiger charge is 2.20. The lowest BCUT2D eigenvalue weighted by atomic mass is 10.0. The Balaban J connectivity index is 2.04. The molecule has 0 saturated heterocycles. The summed E-state index contributed by atoms with van der Waals surface area (Å²) in [6, 6.07) is 15.2. The first-order valence-corrected chi connectivity index (χ1v) is 9.11. The first-order valence-electron chi connectivity index (χ1n) is 8.73. The van der Waals surface area contributed by atoms with Crippen LogP contribution in [0.3, 0.4) is 0 Å². The molecule has 0 N–H and O–H groups in total. The molecule has 2 aromatic rings. The summed E-state index contributed by atoms with van der Waals surface area (Å²) in [5.74, 6) is -0.379. The lowest BCUT2D eigenvalue weighted by Crippen LogP contribution is -2.28. The van der Waals surface area contributed by atoms with Gasteiger partial charge in [-0.05, 0) is 37.1 Å². The highest BCUT2D eigenvalue weighted by atomic mass is 35.5. The Kier molecular flexibility index (Phi) is 8.30. The monoisotopic (exact) mass is 389 g/mol. The predicted molar refractivity (Wildman–Crippen MR) is 106 cm³/mol. The number of benzene rings is 2. The number of rotatable bonds is 9. The van der Waals surface area contributed by atoms with Gasteiger partial charge in [0.15, 0.2) is 6.10 Å². The number of hydrogen-bond acceptors (Lipinski definition) is 5. The van der Waals surface area contributed by atoms with E-state index in [1.54, 1.807) is 0 Å². The van der Waals surface area contributed by atoms with Crippen molar-refractivity contribution in [2.75, 3.05) is 13.7 Å². The standard InChI is InChI=1S/C21H24ClNO4/c1-4-26-20(21(24)25-3)13-16-8-7-10-17(12-16)15(2)23-27-14-18-9-5-6-11-19(18)22/h5-12,20H,4,13-14H2,1-3H3/b23-15+/t20-/m1/s1. The molecule has 0 radical (unpaired) electrons. The molecule has 0 bridgehead atoms. The second-order valence-electron chi connectivity index (χ2n) is 5.91. The smallest absolute Gasteiger partial charge is 0.335 e. The molecule has 144 valence electrons. The highest BCUT2D eigenvalue weighted by Crippen LogP contribution is 2.16. The summed E-state index contributed by atoms with van der Waals surface area (Å²) < 4.78 is 10.3. The number of ether oxygens (including phenoxy) is 2. The van der Waals surface area contributed by atoms with Crippen LogP contribution in [0.25, 0.3) is 0 Å². The van der Waals surface area contributed by atoms with Gasteiger partial charge < -0.3 is 14.3 Å². The molecular formula is C21H24ClNO4. The van der Waals surface area contributed by atoms with Gasteiger partial charge in [-0.15, -0.1) is 0 Å². The zero-order valence-corrected chi connectivity index (χ0v) is 16.5. The van der Waals surface area contributed by atoms with Crippen molar-refractivity contribution in [3.63, 3.8) is 0 Å². The number of carbonyl (C=O) groups excluding carboxylic acids is 1. The number of esters is 1. The Morgan fingerprint density at radius 1 is 1.19 bits per heavy atom. The Labute approximate surface area is 164 Å². The van der Waals surface area contributed by atoms with Crippen LogP contribution in [-0.4, -0.2) is 31.5 Å². The summed E-state index contributed by atoms with van der Waals surface area (Å²) in [5, 5.41) is 4.82. The maximum Gasteiger partial charge on any atom is 0.335 e. The molecule has 0 aliphatic heterocycles. The lowest BCUT2D eigenvalue weighted by molar-refractivity contribution is -0.153. The van der Waals surface area contributed by atoms with Crippen molar-refractivity contribution in [3.05, 3.63) is 70.2 Å². The number of oxime groups is 1. The van der Waals surface area contributed by atoms with Crippen LogP contribution in [-0.2, 0) is 32.1 Å². The summed E-state index contributed by atoms with van der Waals surface area (Å²) in [5.41, 5.74) is 3.47. The van der Waals surface area contributed by atoms with Gasteiger partial charge in [-0.25, -0.2) is 4.79 Å². The van der Waals surface area contributed by atoms with E-state index in [0.29, 0.717) is 24.7 Å². The van der Waals surface area contributed by atoms with E-state index in [9.17, 15) is 4.79 Å². The fraction of sp³-hybridized carbons (Fsp3) is 0.333. The Morgan fingerprint density at radius 3 is 2.67 bits per heavy atom. The third-order valence-electron chi connectivity index (χ3n) is 3.98. The average Bonchev–Trinajstić information content (AvgIpc) is 2.68. The Bertz CT molecular complexity index is 791. The van der Waals surface area contributed by atoms with E-state index in [1.807, 2.05) is 62.4 Å². The van der Waals surface area contributed by atoms with Crippen molar-refractivity contribution in [1.82, 2.24) is 0 Å². The van der Waals surface area contributed by atoms with E-state index < -0.39 is 6.10 Å². The Hall–Kier alpha value is -2.37. The van der Waals surface area contributed by atoms with Crippen molar-refractivity contribution < 1.29 is 19.1 Å². The van der Waals surface area contributed by atoms with E-state index in [1.165, 1.54) is 7.11 Å². The molecule has 0 spiro atoms. The first kappa shape index (κ1) is 20.9. The number of nitrogens with zero attached hydrogens (tertiary/aromatic N) is 1. The maximum atomic E-state index is 11.8. The molecule has 2 rings (SSSR count). The third-order valence-corrected chi connectivity index (χ3v) is 4.35. The van der Waals surface area contributed by atoms with Crippen LogP contribution in [0.1, 0.15) is 30.5 Å². The minimum atomic E-state index is -0.621. The molecular weight excluding hydrogens is 366 g/mol. The normalized spacial score (nSPS) is 12.5. The number of halogens is 1. The molecule has 0 amide bonds. The van der Waals surface area contributed by atoms with Gasteiger partial charge >= 0.3 is 5.97 Å². The van der Waals surface area contributed by atoms with E-state index >= 15 is 0 Å². The van der Waals surface area contributed by atoms with Crippen molar-refractivity contribution >= 4 is 23.3 Å². The second-order valence-corrected chi connectivity index (χ2v) is 6.32. The molecule has 0 heterocycles. The fourth-order valence-corrected chi connectivity index (χ4v) is 2.74. The summed E-state index contributed by atoms with van der Waals surface area (Å²) in [7, 11) is 1.36. The zero-order chi connectivity index (χ0) is 19.6. The van der Waals surface area contributed by atoms with Crippen LogP contribution in [0, 0.1) is 0 Å². The second kappa shape index (κ2) is 10.7. The largest absolute Gasteiger partial charge is 0.467 e. The van der Waals surface area contributed by atoms with Gasteiger partial charge in [0, 0.05) is 23.6 Å². The minimum absolute atomic E-state index is 0.297. The SMILES string of the molecule is CCO[C@H](Cc1cccc(/C(C)=N/OCc2ccccc2Cl)c1)C(=O)OC. The van der Waals surface area contributed by atoms with Crippen LogP contribution in [0.2, 0.25) is 5.02 Å². The van der Waals surface area contributed by atoms with Crippen molar-refractivity contribution in [2.45, 2.75) is 33.0 Å². The van der Waals surface area contributed by atoms with Crippen molar-refractivity contribution in [2.24, 2.45) is 5.16 Å². The first-order chi connectivity index (χ1) is 13.0. The van der Waals surface area contributed by atoms with Crippen LogP contribution < -0.4 is 0 Å². The molecule has 5 nitrogen and oxygen atoms in total. The fourth-order valence-electron chi connectivity index (χ4n) is 2.55. The van der Waals surface area contributed by atoms with Gasteiger partial charge in [-0.2, -0.15) is 0 Å². The molecule has 1 atom stereocenters. The number of methoxy groups -OCH3 is 1. The van der Waals surface area contributed by atoms with Gasteiger partial charge in [-0.1, -0.05) is 53.2 Å². The van der Waals surface area contributed by atoms with Crippen LogP contribution in [0.5, 0.6) is 0 Å². The van der Waals surface area contributed by atoms with Gasteiger partial charge in [-0.3, -0.25) is 0 Å². The van der Waals surface area contributed by atoms with E-state index in [2.05, 4.69) is 5.16 Å². The molecule has 0 aliphatic carbocycles. The Morgan fingerprint density at radius 2 is 1.96 bits per heavy atom. The molecule has 0 fully saturated rings. The average molecular weight is 390 g/mol. The summed E-state index contributed by atoms with van der Waals surface area (Å²) >= 11 is 6.11. The van der Waals surface area contributed by atoms with Crippen LogP contribution in [0.15, 0.2) is 53.7 Å².